The van der Waals surface area contributed by atoms with Crippen LogP contribution in [0, 0.1) is 0 Å². The third-order valence-corrected chi connectivity index (χ3v) is 12.5. The van der Waals surface area contributed by atoms with Crippen molar-refractivity contribution in [2.45, 2.75) is 22.7 Å². The first kappa shape index (κ1) is 33.0. The number of carbonyl (C=O) groups is 2. The highest BCUT2D eigenvalue weighted by atomic mass is 32.2. The number of likely N-dealkylation sites (N-methyl/N-ethyl adjacent to an activating group) is 1. The quantitative estimate of drug-likeness (QED) is 0.187. The van der Waals surface area contributed by atoms with E-state index in [-0.39, 0.29) is 11.8 Å². The Bertz CT molecular complexity index is 2450. The smallest absolute Gasteiger partial charge is 0.270 e. The summed E-state index contributed by atoms with van der Waals surface area (Å²) >= 11 is 3.01. The van der Waals surface area contributed by atoms with Gasteiger partial charge in [-0.3, -0.25) is 20.4 Å². The van der Waals surface area contributed by atoms with E-state index in [1.165, 1.54) is 39.9 Å². The van der Waals surface area contributed by atoms with Gasteiger partial charge in [0.1, 0.15) is 10.1 Å². The molecule has 0 saturated heterocycles. The standard InChI is InChI=1S/C26H19N3OS.C17H15N3OS/c30-25-26(28-27-24(31-26)19-10-2-1-3-11-19)22-15-6-7-16-23(22)29(25)17-20-13-8-12-18-9-4-5-14-21(18)20;1-20-14-10-6-5-9-13(14)17(16(20)21)19-18-15(22-17)11-12-7-3-2-4-8-12/h1-16,28H,17H2;2-10,19H,11H2,1H3. The fraction of sp³-hybridized carbons (Fsp3) is 0.116. The van der Waals surface area contributed by atoms with Gasteiger partial charge in [-0.25, -0.2) is 0 Å². The van der Waals surface area contributed by atoms with Gasteiger partial charge in [-0.15, -0.1) is 0 Å². The summed E-state index contributed by atoms with van der Waals surface area (Å²) in [4.78, 5) is 28.5. The number of hydrazone groups is 2. The van der Waals surface area contributed by atoms with Crippen LogP contribution in [0.15, 0.2) is 162 Å². The molecule has 0 bridgehead atoms. The summed E-state index contributed by atoms with van der Waals surface area (Å²) in [5, 5.41) is 13.1. The summed E-state index contributed by atoms with van der Waals surface area (Å²) in [5.41, 5.74) is 13.5. The Morgan fingerprint density at radius 1 is 0.604 bits per heavy atom. The van der Waals surface area contributed by atoms with Gasteiger partial charge in [-0.05, 0) is 34.0 Å². The molecule has 53 heavy (non-hydrogen) atoms. The normalized spacial score (nSPS) is 20.8. The average molecular weight is 731 g/mol. The molecule has 260 valence electrons. The average Bonchev–Trinajstić information content (AvgIpc) is 3.96. The second-order valence-corrected chi connectivity index (χ2v) is 15.7. The Morgan fingerprint density at radius 3 is 2.00 bits per heavy atom. The number of anilines is 2. The zero-order chi connectivity index (χ0) is 36.0. The molecule has 0 aliphatic carbocycles. The largest absolute Gasteiger partial charge is 0.312 e. The van der Waals surface area contributed by atoms with Crippen LogP contribution in [0.1, 0.15) is 27.8 Å². The summed E-state index contributed by atoms with van der Waals surface area (Å²) in [6, 6.07) is 50.6. The van der Waals surface area contributed by atoms with Gasteiger partial charge in [-0.2, -0.15) is 10.2 Å². The van der Waals surface area contributed by atoms with Gasteiger partial charge < -0.3 is 9.80 Å². The summed E-state index contributed by atoms with van der Waals surface area (Å²) in [5.74, 6) is 0.0480. The van der Waals surface area contributed by atoms with E-state index < -0.39 is 9.74 Å². The van der Waals surface area contributed by atoms with Gasteiger partial charge in [0.05, 0.1) is 17.9 Å². The van der Waals surface area contributed by atoms with E-state index in [2.05, 4.69) is 63.5 Å². The van der Waals surface area contributed by atoms with Gasteiger partial charge in [-0.1, -0.05) is 163 Å². The highest BCUT2D eigenvalue weighted by molar-refractivity contribution is 8.16. The van der Waals surface area contributed by atoms with Crippen LogP contribution in [0.5, 0.6) is 0 Å². The Hall–Kier alpha value is -5.84. The Morgan fingerprint density at radius 2 is 1.21 bits per heavy atom. The summed E-state index contributed by atoms with van der Waals surface area (Å²) in [7, 11) is 1.81. The molecule has 0 saturated carbocycles. The van der Waals surface area contributed by atoms with Gasteiger partial charge in [0.15, 0.2) is 0 Å². The first-order chi connectivity index (χ1) is 26.0. The maximum Gasteiger partial charge on any atom is 0.270 e. The number of para-hydroxylation sites is 2. The number of hydrogen-bond donors (Lipinski definition) is 2. The van der Waals surface area contributed by atoms with E-state index in [4.69, 9.17) is 0 Å². The van der Waals surface area contributed by atoms with Crippen LogP contribution in [0.25, 0.3) is 10.8 Å². The molecule has 4 aliphatic heterocycles. The van der Waals surface area contributed by atoms with E-state index in [0.717, 1.165) is 50.1 Å². The van der Waals surface area contributed by atoms with E-state index in [1.54, 1.807) is 4.90 Å². The number of hydrogen-bond acceptors (Lipinski definition) is 8. The monoisotopic (exact) mass is 730 g/mol. The molecule has 6 aromatic carbocycles. The third kappa shape index (κ3) is 5.57. The maximum atomic E-state index is 13.9. The van der Waals surface area contributed by atoms with E-state index in [1.807, 2.05) is 121 Å². The zero-order valence-corrected chi connectivity index (χ0v) is 30.4. The zero-order valence-electron chi connectivity index (χ0n) is 28.8. The first-order valence-electron chi connectivity index (χ1n) is 17.4. The predicted molar refractivity (Wildman–Crippen MR) is 217 cm³/mol. The highest BCUT2D eigenvalue weighted by Gasteiger charge is 2.56. The van der Waals surface area contributed by atoms with E-state index in [0.29, 0.717) is 6.54 Å². The van der Waals surface area contributed by atoms with Crippen molar-refractivity contribution in [3.8, 4) is 0 Å². The lowest BCUT2D eigenvalue weighted by Crippen LogP contribution is -2.44. The van der Waals surface area contributed by atoms with Crippen molar-refractivity contribution in [1.82, 2.24) is 10.9 Å². The molecular weight excluding hydrogens is 697 g/mol. The van der Waals surface area contributed by atoms with Crippen LogP contribution in [-0.4, -0.2) is 28.9 Å². The second-order valence-electron chi connectivity index (χ2n) is 13.2. The molecule has 2 spiro atoms. The minimum Gasteiger partial charge on any atom is -0.312 e. The van der Waals surface area contributed by atoms with Crippen molar-refractivity contribution in [2.24, 2.45) is 10.2 Å². The molecule has 6 aromatic rings. The van der Waals surface area contributed by atoms with Crippen molar-refractivity contribution < 1.29 is 9.59 Å². The van der Waals surface area contributed by atoms with Crippen LogP contribution in [0.3, 0.4) is 0 Å². The fourth-order valence-electron chi connectivity index (χ4n) is 7.35. The summed E-state index contributed by atoms with van der Waals surface area (Å²) in [6.45, 7) is 0.516. The number of fused-ring (bicyclic) bond motifs is 5. The van der Waals surface area contributed by atoms with Crippen LogP contribution in [0.2, 0.25) is 0 Å². The molecule has 0 radical (unpaired) electrons. The highest BCUT2D eigenvalue weighted by Crippen LogP contribution is 2.52. The lowest BCUT2D eigenvalue weighted by molar-refractivity contribution is -0.121. The van der Waals surface area contributed by atoms with Crippen LogP contribution < -0.4 is 20.7 Å². The third-order valence-electron chi connectivity index (χ3n) is 9.97. The first-order valence-corrected chi connectivity index (χ1v) is 19.0. The molecule has 10 rings (SSSR count). The molecule has 2 unspecified atom stereocenters. The molecule has 4 aliphatic rings. The molecule has 0 fully saturated rings. The number of nitrogens with zero attached hydrogens (tertiary/aromatic N) is 4. The van der Waals surface area contributed by atoms with Crippen LogP contribution in [-0.2, 0) is 32.3 Å². The second kappa shape index (κ2) is 13.3. The summed E-state index contributed by atoms with van der Waals surface area (Å²) < 4.78 is 0. The molecule has 8 nitrogen and oxygen atoms in total. The van der Waals surface area contributed by atoms with Crippen molar-refractivity contribution in [2.75, 3.05) is 16.8 Å². The molecular formula is C43H34N6O2S2. The molecule has 0 aromatic heterocycles. The molecule has 2 amide bonds. The number of thioether (sulfide) groups is 2. The van der Waals surface area contributed by atoms with Gasteiger partial charge in [0, 0.05) is 30.2 Å². The lowest BCUT2D eigenvalue weighted by Gasteiger charge is -2.23. The van der Waals surface area contributed by atoms with Crippen molar-refractivity contribution in [3.63, 3.8) is 0 Å². The molecule has 10 heteroatoms. The number of amides is 2. The number of rotatable bonds is 5. The van der Waals surface area contributed by atoms with Crippen molar-refractivity contribution >= 4 is 67.6 Å². The Labute approximate surface area is 316 Å². The Kier molecular flexibility index (Phi) is 8.28. The fourth-order valence-corrected chi connectivity index (χ4v) is 9.84. The predicted octanol–water partition coefficient (Wildman–Crippen LogP) is 7.95. The van der Waals surface area contributed by atoms with Gasteiger partial charge in [0.2, 0.25) is 9.74 Å². The number of carbonyl (C=O) groups excluding carboxylic acids is 2. The van der Waals surface area contributed by atoms with Crippen LogP contribution >= 0.6 is 23.5 Å². The maximum absolute atomic E-state index is 13.9. The summed E-state index contributed by atoms with van der Waals surface area (Å²) in [6.07, 6.45) is 0.736. The van der Waals surface area contributed by atoms with E-state index in [9.17, 15) is 9.59 Å². The topological polar surface area (TPSA) is 89.4 Å². The van der Waals surface area contributed by atoms with Crippen LogP contribution in [0.4, 0.5) is 11.4 Å². The number of benzene rings is 6. The SMILES string of the molecule is CN1C(=O)C2(NN=C(Cc3ccccc3)S2)c2ccccc21.O=C1N(Cc2cccc3ccccc23)c2ccccc2C12NN=C(c1ccccc1)S2. The van der Waals surface area contributed by atoms with Crippen molar-refractivity contribution in [1.29, 1.82) is 0 Å². The minimum atomic E-state index is -0.924. The van der Waals surface area contributed by atoms with Gasteiger partial charge >= 0.3 is 0 Å². The minimum absolute atomic E-state index is 0.0151. The number of nitrogens with one attached hydrogen (secondary N) is 2. The molecule has 2 N–H and O–H groups in total. The lowest BCUT2D eigenvalue weighted by atomic mass is 10.0. The van der Waals surface area contributed by atoms with Crippen molar-refractivity contribution in [3.05, 3.63) is 179 Å². The molecule has 4 heterocycles. The Balaban J connectivity index is 0.000000149. The van der Waals surface area contributed by atoms with E-state index >= 15 is 0 Å². The molecule has 2 atom stereocenters. The van der Waals surface area contributed by atoms with Gasteiger partial charge in [0.25, 0.3) is 11.8 Å².